The number of esters is 1. The van der Waals surface area contributed by atoms with E-state index in [9.17, 15) is 49.6 Å². The number of nitrogen functional groups attached to an aromatic ring is 1. The van der Waals surface area contributed by atoms with Crippen LogP contribution >= 0.6 is 7.82 Å². The molecule has 2 fully saturated rings. The number of phosphoric ester groups is 1. The quantitative estimate of drug-likeness (QED) is 0.0799. The predicted octanol–water partition coefficient (Wildman–Crippen LogP) is -7.12. The number of hydrogen-bond donors (Lipinski definition) is 11. The number of carbonyl (C=O) groups is 2. The summed E-state index contributed by atoms with van der Waals surface area (Å²) >= 11 is 0. The third-order valence-corrected chi connectivity index (χ3v) is 7.26. The molecule has 238 valence electrons. The zero-order chi connectivity index (χ0) is 31.8. The van der Waals surface area contributed by atoms with Crippen LogP contribution in [0.3, 0.4) is 0 Å². The van der Waals surface area contributed by atoms with Crippen LogP contribution in [0.15, 0.2) is 17.1 Å². The highest BCUT2D eigenvalue weighted by Crippen LogP contribution is 2.41. The van der Waals surface area contributed by atoms with Crippen molar-refractivity contribution in [2.75, 3.05) is 25.5 Å². The molecule has 1 aromatic heterocycles. The van der Waals surface area contributed by atoms with Gasteiger partial charge in [0.1, 0.15) is 41.9 Å². The number of aliphatic hydroxyl groups is 6. The molecule has 3 heterocycles. The molecule has 0 saturated carbocycles. The second-order valence-electron chi connectivity index (χ2n) is 9.60. The predicted molar refractivity (Wildman–Crippen MR) is 131 cm³/mol. The van der Waals surface area contributed by atoms with Gasteiger partial charge in [0.2, 0.25) is 0 Å². The SMILES string of the molecule is NCC(=O)[C@@]1(N)[C@@H](O)C[C@@](O)(C(=O)O[C@H]2[C@@H](O)[C@H](n3ccc(N)nc3=O)O[C@@H]2COP(=O)(O)O)O[C@H]1[C@H](O)[C@H](O)CO. The molecule has 3 rings (SSSR count). The summed E-state index contributed by atoms with van der Waals surface area (Å²) in [7, 11) is -5.15. The van der Waals surface area contributed by atoms with E-state index in [1.54, 1.807) is 0 Å². The van der Waals surface area contributed by atoms with Gasteiger partial charge in [0, 0.05) is 12.6 Å². The van der Waals surface area contributed by atoms with Gasteiger partial charge in [0.05, 0.1) is 25.9 Å². The molecule has 0 aromatic carbocycles. The van der Waals surface area contributed by atoms with Crippen LogP contribution in [0.5, 0.6) is 0 Å². The van der Waals surface area contributed by atoms with Gasteiger partial charge in [-0.05, 0) is 6.07 Å². The molecule has 0 aliphatic carbocycles. The second kappa shape index (κ2) is 12.6. The standard InChI is InChI=1S/C20H32N5O16P/c21-4-10(29)20(23)9(28)3-19(34,41-15(20)12(30)7(27)5-26)17(32)40-14-8(6-38-42(35,36)37)39-16(13(14)31)25-2-1-11(22)24-18(25)33/h1-2,7-9,12-16,26-28,30-31,34H,3-6,21,23H2,(H2,22,24,33)(H2,35,36,37)/t7-,8-,9+,12-,13-,14-,15+,16-,19+,20+/m1/s1. The Labute approximate surface area is 235 Å². The molecule has 0 radical (unpaired) electrons. The fourth-order valence-electron chi connectivity index (χ4n) is 4.53. The summed E-state index contributed by atoms with van der Waals surface area (Å²) in [4.78, 5) is 59.7. The van der Waals surface area contributed by atoms with Crippen LogP contribution in [-0.4, -0.2) is 136 Å². The summed E-state index contributed by atoms with van der Waals surface area (Å²) in [5.74, 6) is -6.39. The van der Waals surface area contributed by atoms with Crippen LogP contribution in [0, 0.1) is 0 Å². The lowest BCUT2D eigenvalue weighted by atomic mass is 9.74. The molecule has 0 amide bonds. The molecule has 42 heavy (non-hydrogen) atoms. The Morgan fingerprint density at radius 1 is 1.29 bits per heavy atom. The number of carbonyl (C=O) groups excluding carboxylic acids is 2. The van der Waals surface area contributed by atoms with E-state index in [4.69, 9.17) is 41.2 Å². The van der Waals surface area contributed by atoms with E-state index in [2.05, 4.69) is 9.51 Å². The molecule has 21 nitrogen and oxygen atoms in total. The highest BCUT2D eigenvalue weighted by Gasteiger charge is 2.63. The van der Waals surface area contributed by atoms with E-state index in [0.29, 0.717) is 4.57 Å². The van der Waals surface area contributed by atoms with Crippen molar-refractivity contribution in [1.82, 2.24) is 9.55 Å². The topological polar surface area (TPSA) is 363 Å². The van der Waals surface area contributed by atoms with Crippen molar-refractivity contribution >= 4 is 25.4 Å². The van der Waals surface area contributed by atoms with Gasteiger partial charge in [-0.3, -0.25) is 13.9 Å². The third kappa shape index (κ3) is 6.69. The van der Waals surface area contributed by atoms with Gasteiger partial charge in [-0.25, -0.2) is 14.2 Å². The van der Waals surface area contributed by atoms with Crippen molar-refractivity contribution in [2.24, 2.45) is 11.5 Å². The van der Waals surface area contributed by atoms with E-state index in [0.717, 1.165) is 12.3 Å². The van der Waals surface area contributed by atoms with E-state index >= 15 is 0 Å². The highest BCUT2D eigenvalue weighted by atomic mass is 31.2. The first-order valence-corrected chi connectivity index (χ1v) is 13.6. The zero-order valence-electron chi connectivity index (χ0n) is 21.5. The van der Waals surface area contributed by atoms with Crippen LogP contribution < -0.4 is 22.9 Å². The third-order valence-electron chi connectivity index (χ3n) is 6.78. The Morgan fingerprint density at radius 2 is 1.93 bits per heavy atom. The maximum Gasteiger partial charge on any atom is 0.469 e. The second-order valence-corrected chi connectivity index (χ2v) is 10.8. The molecular weight excluding hydrogens is 597 g/mol. The van der Waals surface area contributed by atoms with E-state index in [-0.39, 0.29) is 5.82 Å². The molecular formula is C20H32N5O16P. The van der Waals surface area contributed by atoms with Crippen LogP contribution in [0.4, 0.5) is 5.82 Å². The number of anilines is 1. The average molecular weight is 629 g/mol. The summed E-state index contributed by atoms with van der Waals surface area (Å²) in [5, 5.41) is 62.3. The molecule has 22 heteroatoms. The van der Waals surface area contributed by atoms with Gasteiger partial charge in [-0.1, -0.05) is 0 Å². The minimum Gasteiger partial charge on any atom is -0.453 e. The summed E-state index contributed by atoms with van der Waals surface area (Å²) in [6, 6.07) is 1.14. The van der Waals surface area contributed by atoms with Gasteiger partial charge < -0.3 is 71.8 Å². The summed E-state index contributed by atoms with van der Waals surface area (Å²) < 4.78 is 32.2. The Hall–Kier alpha value is -2.47. The molecule has 0 bridgehead atoms. The number of aliphatic hydroxyl groups excluding tert-OH is 5. The highest BCUT2D eigenvalue weighted by molar-refractivity contribution is 7.46. The van der Waals surface area contributed by atoms with Gasteiger partial charge in [-0.15, -0.1) is 0 Å². The summed E-state index contributed by atoms with van der Waals surface area (Å²) in [5.41, 5.74) is 13.1. The molecule has 2 aliphatic heterocycles. The molecule has 10 atom stereocenters. The fourth-order valence-corrected chi connectivity index (χ4v) is 4.87. The van der Waals surface area contributed by atoms with Gasteiger partial charge in [0.25, 0.3) is 5.79 Å². The minimum absolute atomic E-state index is 0.199. The van der Waals surface area contributed by atoms with Gasteiger partial charge in [0.15, 0.2) is 18.1 Å². The normalized spacial score (nSPS) is 35.0. The van der Waals surface area contributed by atoms with E-state index in [1.807, 2.05) is 0 Å². The largest absolute Gasteiger partial charge is 0.469 e. The lowest BCUT2D eigenvalue weighted by Crippen LogP contribution is -2.77. The number of nitrogens with two attached hydrogens (primary N) is 3. The number of Topliss-reactive ketones (excluding diaryl/α,β-unsaturated/α-hetero) is 1. The van der Waals surface area contributed by atoms with Gasteiger partial charge in [-0.2, -0.15) is 4.98 Å². The van der Waals surface area contributed by atoms with Crippen molar-refractivity contribution in [1.29, 1.82) is 0 Å². The molecule has 0 spiro atoms. The number of nitrogens with zero attached hydrogens (tertiary/aromatic N) is 2. The number of aromatic nitrogens is 2. The molecule has 0 unspecified atom stereocenters. The maximum atomic E-state index is 13.2. The molecule has 14 N–H and O–H groups in total. The minimum atomic E-state index is -5.15. The monoisotopic (exact) mass is 629 g/mol. The van der Waals surface area contributed by atoms with Crippen molar-refractivity contribution in [3.8, 4) is 0 Å². The fraction of sp³-hybridized carbons (Fsp3) is 0.700. The number of ether oxygens (including phenoxy) is 3. The van der Waals surface area contributed by atoms with Crippen molar-refractivity contribution in [3.05, 3.63) is 22.7 Å². The number of ketones is 1. The van der Waals surface area contributed by atoms with Crippen LogP contribution in [-0.2, 0) is 32.9 Å². The van der Waals surface area contributed by atoms with Crippen LogP contribution in [0.25, 0.3) is 0 Å². The Balaban J connectivity index is 1.94. The van der Waals surface area contributed by atoms with Crippen molar-refractivity contribution in [2.45, 2.75) is 66.7 Å². The van der Waals surface area contributed by atoms with Crippen LogP contribution in [0.2, 0.25) is 0 Å². The smallest absolute Gasteiger partial charge is 0.453 e. The molecule has 2 saturated heterocycles. The number of phosphoric acid groups is 1. The zero-order valence-corrected chi connectivity index (χ0v) is 22.4. The van der Waals surface area contributed by atoms with Crippen molar-refractivity contribution in [3.63, 3.8) is 0 Å². The first kappa shape index (κ1) is 34.0. The first-order chi connectivity index (χ1) is 19.4. The summed E-state index contributed by atoms with van der Waals surface area (Å²) in [6.45, 7) is -2.96. The lowest BCUT2D eigenvalue weighted by molar-refractivity contribution is -0.308. The Bertz CT molecular complexity index is 1260. The molecule has 1 aromatic rings. The van der Waals surface area contributed by atoms with Crippen LogP contribution in [0.1, 0.15) is 12.6 Å². The summed E-state index contributed by atoms with van der Waals surface area (Å²) in [6.07, 6.45) is -16.3. The van der Waals surface area contributed by atoms with E-state index in [1.165, 1.54) is 0 Å². The first-order valence-electron chi connectivity index (χ1n) is 12.1. The average Bonchev–Trinajstić information content (AvgIpc) is 3.22. The lowest BCUT2D eigenvalue weighted by Gasteiger charge is -2.50. The molecule has 2 aliphatic rings. The Kier molecular flexibility index (Phi) is 10.2. The van der Waals surface area contributed by atoms with Crippen molar-refractivity contribution < 1.29 is 73.3 Å². The Morgan fingerprint density at radius 3 is 2.48 bits per heavy atom. The number of hydrogen-bond acceptors (Lipinski definition) is 18. The van der Waals surface area contributed by atoms with E-state index < -0.39 is 112 Å². The van der Waals surface area contributed by atoms with Gasteiger partial charge >= 0.3 is 19.5 Å². The maximum absolute atomic E-state index is 13.2. The number of rotatable bonds is 11.